The lowest BCUT2D eigenvalue weighted by molar-refractivity contribution is 0.0159. The summed E-state index contributed by atoms with van der Waals surface area (Å²) in [5, 5.41) is 18.3. The molecule has 1 aliphatic heterocycles. The molecule has 0 N–H and O–H groups in total. The first-order chi connectivity index (χ1) is 18.5. The number of hydrogen-bond acceptors (Lipinski definition) is 8. The molecule has 0 unspecified atom stereocenters. The van der Waals surface area contributed by atoms with Crippen LogP contribution in [0.4, 0.5) is 10.6 Å². The molecule has 202 valence electrons. The summed E-state index contributed by atoms with van der Waals surface area (Å²) in [6, 6.07) is 6.15. The molecule has 11 nitrogen and oxygen atoms in total. The highest BCUT2D eigenvalue weighted by Crippen LogP contribution is 2.31. The Morgan fingerprint density at radius 2 is 1.95 bits per heavy atom. The number of anilines is 1. The van der Waals surface area contributed by atoms with Gasteiger partial charge in [-0.15, -0.1) is 0 Å². The van der Waals surface area contributed by atoms with Gasteiger partial charge in [-0.2, -0.15) is 15.5 Å². The number of hydrogen-bond donors (Lipinski definition) is 0. The topological polar surface area (TPSA) is 117 Å². The van der Waals surface area contributed by atoms with Crippen molar-refractivity contribution in [1.29, 1.82) is 5.26 Å². The molecule has 4 aromatic rings. The van der Waals surface area contributed by atoms with E-state index in [1.807, 2.05) is 46.1 Å². The van der Waals surface area contributed by atoms with Crippen LogP contribution in [-0.2, 0) is 11.8 Å². The van der Waals surface area contributed by atoms with Crippen LogP contribution in [0.15, 0.2) is 43.1 Å². The quantitative estimate of drug-likeness (QED) is 0.389. The number of piperidine rings is 1. The zero-order chi connectivity index (χ0) is 27.9. The molecule has 0 saturated carbocycles. The van der Waals surface area contributed by atoms with Crippen LogP contribution in [0.2, 0.25) is 0 Å². The zero-order valence-electron chi connectivity index (χ0n) is 23.2. The van der Waals surface area contributed by atoms with E-state index < -0.39 is 5.60 Å². The first-order valence-corrected chi connectivity index (χ1v) is 13.0. The van der Waals surface area contributed by atoms with Gasteiger partial charge >= 0.3 is 6.09 Å². The van der Waals surface area contributed by atoms with Crippen LogP contribution in [0, 0.1) is 17.2 Å². The summed E-state index contributed by atoms with van der Waals surface area (Å²) >= 11 is 0. The van der Waals surface area contributed by atoms with Crippen LogP contribution in [-0.4, -0.2) is 72.1 Å². The number of nitrogens with zero attached hydrogens (tertiary/aromatic N) is 9. The Morgan fingerprint density at radius 1 is 1.15 bits per heavy atom. The molecule has 0 spiro atoms. The van der Waals surface area contributed by atoms with E-state index in [9.17, 15) is 10.1 Å². The number of nitriles is 1. The minimum absolute atomic E-state index is 0.00230. The maximum absolute atomic E-state index is 12.7. The highest BCUT2D eigenvalue weighted by Gasteiger charge is 2.34. The molecule has 0 aliphatic carbocycles. The average Bonchev–Trinajstić information content (AvgIpc) is 3.53. The van der Waals surface area contributed by atoms with Gasteiger partial charge in [-0.3, -0.25) is 4.68 Å². The van der Waals surface area contributed by atoms with Crippen molar-refractivity contribution in [3.8, 4) is 28.6 Å². The molecule has 0 aromatic carbocycles. The summed E-state index contributed by atoms with van der Waals surface area (Å²) in [5.74, 6) is 1.15. The number of aromatic nitrogens is 6. The van der Waals surface area contributed by atoms with Gasteiger partial charge in [0.15, 0.2) is 0 Å². The first-order valence-electron chi connectivity index (χ1n) is 13.0. The van der Waals surface area contributed by atoms with Crippen molar-refractivity contribution in [2.45, 2.75) is 45.8 Å². The second kappa shape index (κ2) is 10.0. The molecule has 11 heteroatoms. The van der Waals surface area contributed by atoms with E-state index in [-0.39, 0.29) is 12.1 Å². The molecule has 1 amide bonds. The monoisotopic (exact) mass is 527 g/mol. The van der Waals surface area contributed by atoms with E-state index in [2.05, 4.69) is 28.1 Å². The lowest BCUT2D eigenvalue weighted by atomic mass is 9.92. The third-order valence-corrected chi connectivity index (χ3v) is 7.06. The van der Waals surface area contributed by atoms with E-state index in [1.54, 1.807) is 45.9 Å². The van der Waals surface area contributed by atoms with Gasteiger partial charge in [-0.05, 0) is 45.2 Å². The molecule has 4 aromatic heterocycles. The molecule has 1 fully saturated rings. The van der Waals surface area contributed by atoms with Gasteiger partial charge in [0.1, 0.15) is 28.6 Å². The fourth-order valence-corrected chi connectivity index (χ4v) is 4.93. The zero-order valence-corrected chi connectivity index (χ0v) is 23.2. The summed E-state index contributed by atoms with van der Waals surface area (Å²) in [4.78, 5) is 26.3. The number of pyridine rings is 1. The second-order valence-corrected chi connectivity index (χ2v) is 11.1. The van der Waals surface area contributed by atoms with Crippen molar-refractivity contribution in [3.63, 3.8) is 0 Å². The largest absolute Gasteiger partial charge is 0.444 e. The van der Waals surface area contributed by atoms with Crippen LogP contribution in [0.3, 0.4) is 0 Å². The molecule has 0 radical (unpaired) electrons. The molecule has 5 rings (SSSR count). The first kappa shape index (κ1) is 26.2. The van der Waals surface area contributed by atoms with Crippen LogP contribution in [0.25, 0.3) is 28.0 Å². The molecular weight excluding hydrogens is 494 g/mol. The third kappa shape index (κ3) is 5.27. The Morgan fingerprint density at radius 3 is 2.59 bits per heavy atom. The smallest absolute Gasteiger partial charge is 0.410 e. The standard InChI is InChI=1S/C28H33N9O2/c1-18-9-10-36(17-23(18)35(6)27(38)39-28(2,3)4)24-8-7-19(12-30-24)25-26-20(11-29)13-32-37(26)16-22(33-25)21-14-31-34(5)15-21/h7-8,12-16,18,23H,9-10,17H2,1-6H3/t18-,23+/m0/s1. The fraction of sp³-hybridized carbons (Fsp3) is 0.429. The molecule has 0 bridgehead atoms. The maximum Gasteiger partial charge on any atom is 0.410 e. The summed E-state index contributed by atoms with van der Waals surface area (Å²) in [6.45, 7) is 9.29. The Labute approximate surface area is 227 Å². The minimum Gasteiger partial charge on any atom is -0.444 e. The van der Waals surface area contributed by atoms with Gasteiger partial charge in [0.2, 0.25) is 0 Å². The molecule has 1 saturated heterocycles. The summed E-state index contributed by atoms with van der Waals surface area (Å²) in [5.41, 5.74) is 3.47. The van der Waals surface area contributed by atoms with Gasteiger partial charge in [-0.25, -0.2) is 19.3 Å². The van der Waals surface area contributed by atoms with Gasteiger partial charge in [0.05, 0.1) is 36.0 Å². The second-order valence-electron chi connectivity index (χ2n) is 11.1. The maximum atomic E-state index is 12.7. The number of carbonyl (C=O) groups is 1. The van der Waals surface area contributed by atoms with Crippen molar-refractivity contribution >= 4 is 17.4 Å². The Bertz CT molecular complexity index is 1540. The predicted octanol–water partition coefficient (Wildman–Crippen LogP) is 4.15. The van der Waals surface area contributed by atoms with Crippen molar-refractivity contribution in [2.75, 3.05) is 25.0 Å². The van der Waals surface area contributed by atoms with E-state index >= 15 is 0 Å². The molecular formula is C28H33N9O2. The molecule has 39 heavy (non-hydrogen) atoms. The van der Waals surface area contributed by atoms with Gasteiger partial charge in [0.25, 0.3) is 0 Å². The van der Waals surface area contributed by atoms with Crippen molar-refractivity contribution < 1.29 is 9.53 Å². The lowest BCUT2D eigenvalue weighted by Crippen LogP contribution is -2.53. The van der Waals surface area contributed by atoms with E-state index in [1.165, 1.54) is 0 Å². The molecule has 1 aliphatic rings. The third-order valence-electron chi connectivity index (χ3n) is 7.06. The number of likely N-dealkylation sites (N-methyl/N-ethyl adjacent to an activating group) is 1. The number of ether oxygens (including phenoxy) is 1. The van der Waals surface area contributed by atoms with Crippen LogP contribution in [0.1, 0.15) is 39.7 Å². The molecule has 2 atom stereocenters. The van der Waals surface area contributed by atoms with Crippen LogP contribution in [0.5, 0.6) is 0 Å². The SMILES string of the molecule is C[C@H]1CCN(c2ccc(-c3nc(-c4cnn(C)c4)cn4ncc(C#N)c34)cn2)C[C@H]1N(C)C(=O)OC(C)(C)C. The highest BCUT2D eigenvalue weighted by atomic mass is 16.6. The van der Waals surface area contributed by atoms with Gasteiger partial charge < -0.3 is 14.5 Å². The summed E-state index contributed by atoms with van der Waals surface area (Å²) in [7, 11) is 3.66. The van der Waals surface area contributed by atoms with Crippen molar-refractivity contribution in [3.05, 3.63) is 48.7 Å². The van der Waals surface area contributed by atoms with Crippen molar-refractivity contribution in [2.24, 2.45) is 13.0 Å². The Balaban J connectivity index is 1.43. The molecule has 5 heterocycles. The highest BCUT2D eigenvalue weighted by molar-refractivity contribution is 5.83. The van der Waals surface area contributed by atoms with E-state index in [0.29, 0.717) is 34.9 Å². The van der Waals surface area contributed by atoms with Crippen molar-refractivity contribution in [1.82, 2.24) is 34.3 Å². The average molecular weight is 528 g/mol. The Kier molecular flexibility index (Phi) is 6.72. The lowest BCUT2D eigenvalue weighted by Gasteiger charge is -2.42. The number of rotatable bonds is 4. The predicted molar refractivity (Wildman–Crippen MR) is 147 cm³/mol. The summed E-state index contributed by atoms with van der Waals surface area (Å²) < 4.78 is 9.00. The minimum atomic E-state index is -0.547. The normalized spacial score (nSPS) is 17.7. The van der Waals surface area contributed by atoms with E-state index in [0.717, 1.165) is 29.9 Å². The summed E-state index contributed by atoms with van der Waals surface area (Å²) in [6.07, 6.45) is 9.37. The van der Waals surface area contributed by atoms with Crippen LogP contribution >= 0.6 is 0 Å². The number of amides is 1. The number of fused-ring (bicyclic) bond motifs is 1. The number of carbonyl (C=O) groups excluding carboxylic acids is 1. The fourth-order valence-electron chi connectivity index (χ4n) is 4.93. The number of aryl methyl sites for hydroxylation is 1. The van der Waals surface area contributed by atoms with E-state index in [4.69, 9.17) is 14.7 Å². The van der Waals surface area contributed by atoms with Gasteiger partial charge in [-0.1, -0.05) is 6.92 Å². The Hall–Kier alpha value is -4.46. The van der Waals surface area contributed by atoms with Gasteiger partial charge in [0, 0.05) is 50.7 Å². The van der Waals surface area contributed by atoms with Crippen LogP contribution < -0.4 is 4.90 Å².